The Morgan fingerprint density at radius 1 is 1.00 bits per heavy atom. The number of hydrogen-bond acceptors (Lipinski definition) is 5. The van der Waals surface area contributed by atoms with Crippen LogP contribution in [-0.4, -0.2) is 12.0 Å². The van der Waals surface area contributed by atoms with Crippen LogP contribution < -0.4 is 16.4 Å². The lowest BCUT2D eigenvalue weighted by Crippen LogP contribution is -2.16. The largest absolute Gasteiger partial charge is 0.444 e. The second-order valence-corrected chi connectivity index (χ2v) is 7.00. The van der Waals surface area contributed by atoms with Crippen molar-refractivity contribution in [3.05, 3.63) is 94.0 Å². The predicted octanol–water partition coefficient (Wildman–Crippen LogP) is 4.67. The molecule has 2 amide bonds. The van der Waals surface area contributed by atoms with Crippen LogP contribution in [0.4, 0.5) is 16.2 Å². The Morgan fingerprint density at radius 2 is 1.77 bits per heavy atom. The van der Waals surface area contributed by atoms with E-state index in [0.29, 0.717) is 16.9 Å². The molecule has 0 bridgehead atoms. The van der Waals surface area contributed by atoms with Crippen molar-refractivity contribution in [3.8, 4) is 6.07 Å². The molecular formula is C23H19ClN4O3. The monoisotopic (exact) mass is 434 g/mol. The normalized spacial score (nSPS) is 10.1. The summed E-state index contributed by atoms with van der Waals surface area (Å²) in [6.07, 6.45) is -0.681. The number of halogens is 1. The summed E-state index contributed by atoms with van der Waals surface area (Å²) in [5.41, 5.74) is 8.39. The lowest BCUT2D eigenvalue weighted by atomic mass is 10.1. The first-order chi connectivity index (χ1) is 15.0. The average molecular weight is 435 g/mol. The van der Waals surface area contributed by atoms with Crippen molar-refractivity contribution < 1.29 is 14.3 Å². The molecule has 0 aliphatic carbocycles. The SMILES string of the molecule is N#Cc1ccc(CN)cc1NC(=O)c1cc(Cl)cc(NC(=O)OCc2ccccc2)c1. The fraction of sp³-hybridized carbons (Fsp3) is 0.0870. The Kier molecular flexibility index (Phi) is 7.22. The van der Waals surface area contributed by atoms with Gasteiger partial charge in [-0.15, -0.1) is 0 Å². The highest BCUT2D eigenvalue weighted by Crippen LogP contribution is 2.22. The number of anilines is 2. The molecule has 0 aromatic heterocycles. The molecule has 0 atom stereocenters. The van der Waals surface area contributed by atoms with Crippen molar-refractivity contribution in [3.63, 3.8) is 0 Å². The molecule has 3 aromatic carbocycles. The van der Waals surface area contributed by atoms with Crippen LogP contribution in [0.3, 0.4) is 0 Å². The fourth-order valence-corrected chi connectivity index (χ4v) is 3.02. The quantitative estimate of drug-likeness (QED) is 0.521. The number of benzene rings is 3. The molecule has 7 nitrogen and oxygen atoms in total. The Hall–Kier alpha value is -3.86. The van der Waals surface area contributed by atoms with Gasteiger partial charge in [0.05, 0.1) is 11.3 Å². The van der Waals surface area contributed by atoms with Gasteiger partial charge in [-0.3, -0.25) is 10.1 Å². The van der Waals surface area contributed by atoms with Gasteiger partial charge < -0.3 is 15.8 Å². The summed E-state index contributed by atoms with van der Waals surface area (Å²) in [4.78, 5) is 24.8. The number of carbonyl (C=O) groups excluding carboxylic acids is 2. The Balaban J connectivity index is 1.71. The van der Waals surface area contributed by atoms with Crippen molar-refractivity contribution >= 4 is 35.0 Å². The fourth-order valence-electron chi connectivity index (χ4n) is 2.78. The summed E-state index contributed by atoms with van der Waals surface area (Å²) in [7, 11) is 0. The zero-order valence-electron chi connectivity index (χ0n) is 16.4. The molecule has 0 radical (unpaired) electrons. The number of carbonyl (C=O) groups is 2. The Bertz CT molecular complexity index is 1140. The predicted molar refractivity (Wildman–Crippen MR) is 119 cm³/mol. The van der Waals surface area contributed by atoms with Crippen LogP contribution in [0, 0.1) is 11.3 Å². The minimum absolute atomic E-state index is 0.106. The minimum Gasteiger partial charge on any atom is -0.444 e. The van der Waals surface area contributed by atoms with Gasteiger partial charge in [0.15, 0.2) is 0 Å². The molecular weight excluding hydrogens is 416 g/mol. The molecule has 3 aromatic rings. The van der Waals surface area contributed by atoms with Gasteiger partial charge in [-0.1, -0.05) is 48.0 Å². The lowest BCUT2D eigenvalue weighted by molar-refractivity contribution is 0.102. The number of ether oxygens (including phenoxy) is 1. The second kappa shape index (κ2) is 10.3. The number of nitrogens with zero attached hydrogens (tertiary/aromatic N) is 1. The highest BCUT2D eigenvalue weighted by atomic mass is 35.5. The molecule has 0 aliphatic heterocycles. The van der Waals surface area contributed by atoms with Crippen LogP contribution in [0.5, 0.6) is 0 Å². The molecule has 3 rings (SSSR count). The van der Waals surface area contributed by atoms with E-state index in [0.717, 1.165) is 11.1 Å². The first kappa shape index (κ1) is 21.8. The van der Waals surface area contributed by atoms with Crippen LogP contribution in [0.1, 0.15) is 27.0 Å². The van der Waals surface area contributed by atoms with Crippen molar-refractivity contribution in [2.45, 2.75) is 13.2 Å². The molecule has 4 N–H and O–H groups in total. The van der Waals surface area contributed by atoms with E-state index < -0.39 is 12.0 Å². The van der Waals surface area contributed by atoms with Crippen molar-refractivity contribution in [2.75, 3.05) is 10.6 Å². The summed E-state index contributed by atoms with van der Waals surface area (Å²) < 4.78 is 5.18. The maximum absolute atomic E-state index is 12.7. The van der Waals surface area contributed by atoms with Gasteiger partial charge in [0.25, 0.3) is 5.91 Å². The summed E-state index contributed by atoms with van der Waals surface area (Å²) in [5, 5.41) is 14.8. The Morgan fingerprint density at radius 3 is 2.48 bits per heavy atom. The van der Waals surface area contributed by atoms with Crippen LogP contribution >= 0.6 is 11.6 Å². The zero-order chi connectivity index (χ0) is 22.2. The number of nitrogens with two attached hydrogens (primary N) is 1. The van der Waals surface area contributed by atoms with Crippen LogP contribution in [0.25, 0.3) is 0 Å². The summed E-state index contributed by atoms with van der Waals surface area (Å²) >= 11 is 6.12. The van der Waals surface area contributed by atoms with Crippen LogP contribution in [0.15, 0.2) is 66.7 Å². The van der Waals surface area contributed by atoms with Gasteiger partial charge >= 0.3 is 6.09 Å². The minimum atomic E-state index is -0.681. The first-order valence-electron chi connectivity index (χ1n) is 9.31. The molecule has 31 heavy (non-hydrogen) atoms. The van der Waals surface area contributed by atoms with E-state index in [2.05, 4.69) is 10.6 Å². The molecule has 0 heterocycles. The molecule has 0 unspecified atom stereocenters. The highest BCUT2D eigenvalue weighted by molar-refractivity contribution is 6.31. The summed E-state index contributed by atoms with van der Waals surface area (Å²) in [6, 6.07) is 20.6. The number of nitrogens with one attached hydrogen (secondary N) is 2. The Labute approximate surface area is 184 Å². The van der Waals surface area contributed by atoms with E-state index in [1.165, 1.54) is 18.2 Å². The van der Waals surface area contributed by atoms with Gasteiger partial charge in [0.2, 0.25) is 0 Å². The van der Waals surface area contributed by atoms with E-state index in [-0.39, 0.29) is 23.7 Å². The van der Waals surface area contributed by atoms with Crippen LogP contribution in [0.2, 0.25) is 5.02 Å². The van der Waals surface area contributed by atoms with E-state index in [1.54, 1.807) is 18.2 Å². The third kappa shape index (κ3) is 6.06. The van der Waals surface area contributed by atoms with E-state index in [1.807, 2.05) is 36.4 Å². The molecule has 0 fully saturated rings. The van der Waals surface area contributed by atoms with Gasteiger partial charge in [-0.25, -0.2) is 4.79 Å². The second-order valence-electron chi connectivity index (χ2n) is 6.57. The molecule has 0 aliphatic rings. The van der Waals surface area contributed by atoms with Crippen molar-refractivity contribution in [1.82, 2.24) is 0 Å². The number of rotatable bonds is 6. The molecule has 0 saturated carbocycles. The van der Waals surface area contributed by atoms with Gasteiger partial charge in [-0.05, 0) is 41.5 Å². The average Bonchev–Trinajstić information content (AvgIpc) is 2.78. The maximum Gasteiger partial charge on any atom is 0.411 e. The first-order valence-corrected chi connectivity index (χ1v) is 9.69. The maximum atomic E-state index is 12.7. The van der Waals surface area contributed by atoms with Crippen molar-refractivity contribution in [1.29, 1.82) is 5.26 Å². The zero-order valence-corrected chi connectivity index (χ0v) is 17.1. The third-order valence-corrected chi connectivity index (χ3v) is 4.53. The smallest absolute Gasteiger partial charge is 0.411 e. The number of amides is 2. The number of hydrogen-bond donors (Lipinski definition) is 3. The summed E-state index contributed by atoms with van der Waals surface area (Å²) in [5.74, 6) is -0.492. The molecule has 156 valence electrons. The van der Waals surface area contributed by atoms with Crippen LogP contribution in [-0.2, 0) is 17.9 Å². The van der Waals surface area contributed by atoms with E-state index >= 15 is 0 Å². The van der Waals surface area contributed by atoms with Gasteiger partial charge in [-0.2, -0.15) is 5.26 Å². The standard InChI is InChI=1S/C23H19ClN4O3/c24-19-9-18(22(29)28-21-8-16(12-25)6-7-17(21)13-26)10-20(11-19)27-23(30)31-14-15-4-2-1-3-5-15/h1-11H,12,14,25H2,(H,27,30)(H,28,29). The van der Waals surface area contributed by atoms with E-state index in [9.17, 15) is 14.9 Å². The molecule has 0 saturated heterocycles. The number of nitriles is 1. The molecule has 0 spiro atoms. The molecule has 8 heteroatoms. The van der Waals surface area contributed by atoms with Gasteiger partial charge in [0.1, 0.15) is 12.7 Å². The van der Waals surface area contributed by atoms with E-state index in [4.69, 9.17) is 22.1 Å². The lowest BCUT2D eigenvalue weighted by Gasteiger charge is -2.11. The van der Waals surface area contributed by atoms with Gasteiger partial charge in [0, 0.05) is 22.8 Å². The summed E-state index contributed by atoms with van der Waals surface area (Å²) in [6.45, 7) is 0.375. The topological polar surface area (TPSA) is 117 Å². The van der Waals surface area contributed by atoms with Crippen molar-refractivity contribution in [2.24, 2.45) is 5.73 Å². The highest BCUT2D eigenvalue weighted by Gasteiger charge is 2.13. The third-order valence-electron chi connectivity index (χ3n) is 4.31.